The first kappa shape index (κ1) is 20.1. The highest BCUT2D eigenvalue weighted by atomic mass is 16.6. The van der Waals surface area contributed by atoms with Crippen molar-refractivity contribution in [3.8, 4) is 0 Å². The third-order valence-electron chi connectivity index (χ3n) is 4.64. The fraction of sp³-hybridized carbons (Fsp3) is 0.882. The highest BCUT2D eigenvalue weighted by molar-refractivity contribution is 5.85. The zero-order valence-corrected chi connectivity index (χ0v) is 14.9. The van der Waals surface area contributed by atoms with E-state index in [1.54, 1.807) is 0 Å². The molecular weight excluding hydrogens is 328 g/mol. The average molecular weight is 358 g/mol. The minimum absolute atomic E-state index is 0.0861. The van der Waals surface area contributed by atoms with Gasteiger partial charge in [-0.05, 0) is 25.8 Å². The molecule has 3 N–H and O–H groups in total. The summed E-state index contributed by atoms with van der Waals surface area (Å²) in [5.41, 5.74) is 0. The van der Waals surface area contributed by atoms with E-state index in [9.17, 15) is 19.8 Å². The van der Waals surface area contributed by atoms with E-state index in [0.29, 0.717) is 0 Å². The Morgan fingerprint density at radius 1 is 1.24 bits per heavy atom. The van der Waals surface area contributed by atoms with Crippen LogP contribution in [0.5, 0.6) is 0 Å². The molecule has 0 bridgehead atoms. The molecule has 3 atom stereocenters. The van der Waals surface area contributed by atoms with Gasteiger partial charge in [-0.1, -0.05) is 13.3 Å². The normalized spacial score (nSPS) is 28.5. The molecule has 0 saturated carbocycles. The standard InChI is InChI=1S/C17H30N2O6/c1-2-3-6-19-7-4-13(5-8-19)24-16(22)11-18-17(23)14-9-12(20)10-15(21)25-14/h12-15,20-21H,2-11H2,1H3,(H,18,23). The van der Waals surface area contributed by atoms with Gasteiger partial charge in [0.25, 0.3) is 0 Å². The van der Waals surface area contributed by atoms with Crippen LogP contribution in [0, 0.1) is 0 Å². The second-order valence-electron chi connectivity index (χ2n) is 6.81. The summed E-state index contributed by atoms with van der Waals surface area (Å²) in [6, 6.07) is 0. The first-order valence-electron chi connectivity index (χ1n) is 9.19. The van der Waals surface area contributed by atoms with Crippen LogP contribution in [0.25, 0.3) is 0 Å². The van der Waals surface area contributed by atoms with E-state index in [4.69, 9.17) is 9.47 Å². The highest BCUT2D eigenvalue weighted by Gasteiger charge is 2.32. The van der Waals surface area contributed by atoms with Crippen LogP contribution < -0.4 is 5.32 Å². The number of amides is 1. The van der Waals surface area contributed by atoms with Crippen LogP contribution in [0.1, 0.15) is 45.4 Å². The van der Waals surface area contributed by atoms with Gasteiger partial charge in [0.15, 0.2) is 6.29 Å². The summed E-state index contributed by atoms with van der Waals surface area (Å²) in [4.78, 5) is 26.2. The van der Waals surface area contributed by atoms with E-state index in [2.05, 4.69) is 17.1 Å². The number of carbonyl (C=O) groups is 2. The Labute approximate surface area is 148 Å². The molecule has 0 aromatic heterocycles. The Kier molecular flexibility index (Phi) is 8.08. The second kappa shape index (κ2) is 10.1. The lowest BCUT2D eigenvalue weighted by molar-refractivity contribution is -0.194. The van der Waals surface area contributed by atoms with Gasteiger partial charge in [-0.25, -0.2) is 0 Å². The molecule has 2 aliphatic rings. The van der Waals surface area contributed by atoms with Crippen LogP contribution in [0.15, 0.2) is 0 Å². The van der Waals surface area contributed by atoms with Gasteiger partial charge >= 0.3 is 5.97 Å². The predicted octanol–water partition coefficient (Wildman–Crippen LogP) is -0.231. The largest absolute Gasteiger partial charge is 0.461 e. The van der Waals surface area contributed by atoms with Crippen molar-refractivity contribution in [2.75, 3.05) is 26.2 Å². The SMILES string of the molecule is CCCCN1CCC(OC(=O)CNC(=O)C2CC(O)CC(O)O2)CC1. The monoisotopic (exact) mass is 358 g/mol. The highest BCUT2D eigenvalue weighted by Crippen LogP contribution is 2.18. The number of esters is 1. The summed E-state index contributed by atoms with van der Waals surface area (Å²) in [6.07, 6.45) is 1.17. The van der Waals surface area contributed by atoms with Gasteiger partial charge in [0, 0.05) is 25.9 Å². The summed E-state index contributed by atoms with van der Waals surface area (Å²) in [5.74, 6) is -0.999. The quantitative estimate of drug-likeness (QED) is 0.539. The van der Waals surface area contributed by atoms with Gasteiger partial charge in [0.1, 0.15) is 18.8 Å². The van der Waals surface area contributed by atoms with Gasteiger partial charge in [-0.15, -0.1) is 0 Å². The van der Waals surface area contributed by atoms with E-state index in [1.807, 2.05) is 0 Å². The van der Waals surface area contributed by atoms with Crippen LogP contribution in [-0.4, -0.2) is 77.8 Å². The van der Waals surface area contributed by atoms with Crippen molar-refractivity contribution in [1.82, 2.24) is 10.2 Å². The Hall–Kier alpha value is -1.22. The summed E-state index contributed by atoms with van der Waals surface area (Å²) in [5, 5.41) is 21.4. The van der Waals surface area contributed by atoms with Crippen LogP contribution in [0.4, 0.5) is 0 Å². The number of piperidine rings is 1. The Bertz CT molecular complexity index is 429. The molecule has 0 aromatic rings. The Morgan fingerprint density at radius 2 is 1.96 bits per heavy atom. The average Bonchev–Trinajstić information content (AvgIpc) is 2.58. The third kappa shape index (κ3) is 6.89. The van der Waals surface area contributed by atoms with E-state index in [0.717, 1.165) is 32.5 Å². The molecule has 2 fully saturated rings. The number of nitrogens with zero attached hydrogens (tertiary/aromatic N) is 1. The van der Waals surface area contributed by atoms with Gasteiger partial charge in [-0.3, -0.25) is 9.59 Å². The summed E-state index contributed by atoms with van der Waals surface area (Å²) in [6.45, 7) is 4.88. The molecule has 2 saturated heterocycles. The minimum atomic E-state index is -1.16. The third-order valence-corrected chi connectivity index (χ3v) is 4.64. The molecule has 0 radical (unpaired) electrons. The number of aliphatic hydroxyl groups excluding tert-OH is 2. The molecule has 2 heterocycles. The van der Waals surface area contributed by atoms with Crippen molar-refractivity contribution in [3.05, 3.63) is 0 Å². The number of ether oxygens (including phenoxy) is 2. The van der Waals surface area contributed by atoms with E-state index in [1.165, 1.54) is 12.8 Å². The zero-order chi connectivity index (χ0) is 18.2. The second-order valence-corrected chi connectivity index (χ2v) is 6.81. The molecule has 25 heavy (non-hydrogen) atoms. The van der Waals surface area contributed by atoms with Crippen molar-refractivity contribution < 1.29 is 29.3 Å². The number of rotatable bonds is 7. The Morgan fingerprint density at radius 3 is 2.60 bits per heavy atom. The zero-order valence-electron chi connectivity index (χ0n) is 14.9. The van der Waals surface area contributed by atoms with E-state index < -0.39 is 30.4 Å². The maximum absolute atomic E-state index is 12.0. The van der Waals surface area contributed by atoms with E-state index in [-0.39, 0.29) is 25.5 Å². The van der Waals surface area contributed by atoms with Crippen molar-refractivity contribution in [2.24, 2.45) is 0 Å². The summed E-state index contributed by atoms with van der Waals surface area (Å²) >= 11 is 0. The molecule has 3 unspecified atom stereocenters. The van der Waals surface area contributed by atoms with Crippen LogP contribution >= 0.6 is 0 Å². The number of hydrogen-bond donors (Lipinski definition) is 3. The molecule has 0 aliphatic carbocycles. The lowest BCUT2D eigenvalue weighted by Gasteiger charge is -2.31. The lowest BCUT2D eigenvalue weighted by Crippen LogP contribution is -2.47. The number of unbranched alkanes of at least 4 members (excludes halogenated alkanes) is 1. The maximum Gasteiger partial charge on any atom is 0.325 e. The van der Waals surface area contributed by atoms with Crippen molar-refractivity contribution >= 4 is 11.9 Å². The molecule has 0 spiro atoms. The fourth-order valence-corrected chi connectivity index (χ4v) is 3.18. The molecular formula is C17H30N2O6. The lowest BCUT2D eigenvalue weighted by atomic mass is 10.0. The fourth-order valence-electron chi connectivity index (χ4n) is 3.18. The number of likely N-dealkylation sites (tertiary alicyclic amines) is 1. The minimum Gasteiger partial charge on any atom is -0.461 e. The molecule has 0 aromatic carbocycles. The van der Waals surface area contributed by atoms with Gasteiger partial charge < -0.3 is 29.9 Å². The van der Waals surface area contributed by atoms with E-state index >= 15 is 0 Å². The smallest absolute Gasteiger partial charge is 0.325 e. The topological polar surface area (TPSA) is 108 Å². The molecule has 2 rings (SSSR count). The number of carbonyl (C=O) groups excluding carboxylic acids is 2. The Balaban J connectivity index is 1.63. The molecule has 8 heteroatoms. The van der Waals surface area contributed by atoms with Gasteiger partial charge in [0.05, 0.1) is 6.10 Å². The molecule has 2 aliphatic heterocycles. The first-order chi connectivity index (χ1) is 12.0. The summed E-state index contributed by atoms with van der Waals surface area (Å²) < 4.78 is 10.5. The van der Waals surface area contributed by atoms with Crippen molar-refractivity contribution in [2.45, 2.75) is 70.1 Å². The molecule has 144 valence electrons. The maximum atomic E-state index is 12.0. The first-order valence-corrected chi connectivity index (χ1v) is 9.19. The predicted molar refractivity (Wildman–Crippen MR) is 89.6 cm³/mol. The number of hydrogen-bond acceptors (Lipinski definition) is 7. The molecule has 1 amide bonds. The summed E-state index contributed by atoms with van der Waals surface area (Å²) in [7, 11) is 0. The van der Waals surface area contributed by atoms with Crippen LogP contribution in [0.3, 0.4) is 0 Å². The number of nitrogens with one attached hydrogen (secondary N) is 1. The molecule has 8 nitrogen and oxygen atoms in total. The van der Waals surface area contributed by atoms with Crippen LogP contribution in [0.2, 0.25) is 0 Å². The number of aliphatic hydroxyl groups is 2. The van der Waals surface area contributed by atoms with Crippen molar-refractivity contribution in [1.29, 1.82) is 0 Å². The van der Waals surface area contributed by atoms with Gasteiger partial charge in [-0.2, -0.15) is 0 Å². The van der Waals surface area contributed by atoms with Crippen molar-refractivity contribution in [3.63, 3.8) is 0 Å². The van der Waals surface area contributed by atoms with Gasteiger partial charge in [0.2, 0.25) is 5.91 Å². The van der Waals surface area contributed by atoms with Crippen LogP contribution in [-0.2, 0) is 19.1 Å².